The van der Waals surface area contributed by atoms with Gasteiger partial charge in [0.2, 0.25) is 5.91 Å². The zero-order valence-electron chi connectivity index (χ0n) is 10.6. The molecule has 18 heavy (non-hydrogen) atoms. The van der Waals surface area contributed by atoms with Crippen molar-refractivity contribution in [2.24, 2.45) is 11.7 Å². The Labute approximate surface area is 107 Å². The van der Waals surface area contributed by atoms with Gasteiger partial charge in [0.1, 0.15) is 0 Å². The fraction of sp³-hybridized carbons (Fsp3) is 0.833. The van der Waals surface area contributed by atoms with Gasteiger partial charge in [-0.2, -0.15) is 0 Å². The van der Waals surface area contributed by atoms with Crippen LogP contribution in [0.5, 0.6) is 0 Å². The standard InChI is InChI=1S/C12H21N3O3/c13-12(17)15-5-1-4-14(6-7-15)11(16)10-2-8-18-9-3-10/h10H,1-9H2,(H2,13,17). The molecule has 0 aromatic carbocycles. The van der Waals surface area contributed by atoms with E-state index in [2.05, 4.69) is 0 Å². The monoisotopic (exact) mass is 255 g/mol. The van der Waals surface area contributed by atoms with Crippen LogP contribution in [-0.2, 0) is 9.53 Å². The Kier molecular flexibility index (Phi) is 4.41. The Hall–Kier alpha value is -1.30. The largest absolute Gasteiger partial charge is 0.381 e. The molecule has 0 atom stereocenters. The molecule has 2 N–H and O–H groups in total. The van der Waals surface area contributed by atoms with Crippen LogP contribution in [0.15, 0.2) is 0 Å². The van der Waals surface area contributed by atoms with Gasteiger partial charge in [-0.3, -0.25) is 4.79 Å². The van der Waals surface area contributed by atoms with Gasteiger partial charge >= 0.3 is 6.03 Å². The van der Waals surface area contributed by atoms with Crippen LogP contribution in [0, 0.1) is 5.92 Å². The predicted octanol–water partition coefficient (Wildman–Crippen LogP) is 0.0260. The number of nitrogens with two attached hydrogens (primary N) is 1. The number of hydrogen-bond acceptors (Lipinski definition) is 3. The van der Waals surface area contributed by atoms with Crippen molar-refractivity contribution in [1.82, 2.24) is 9.80 Å². The van der Waals surface area contributed by atoms with E-state index >= 15 is 0 Å². The number of primary amides is 1. The van der Waals surface area contributed by atoms with E-state index in [0.717, 1.165) is 25.8 Å². The molecule has 2 fully saturated rings. The highest BCUT2D eigenvalue weighted by atomic mass is 16.5. The highest BCUT2D eigenvalue weighted by Crippen LogP contribution is 2.18. The van der Waals surface area contributed by atoms with Crippen LogP contribution < -0.4 is 5.73 Å². The van der Waals surface area contributed by atoms with Crippen molar-refractivity contribution < 1.29 is 14.3 Å². The third-order valence-electron chi connectivity index (χ3n) is 3.69. The second kappa shape index (κ2) is 6.04. The molecular formula is C12H21N3O3. The number of carbonyl (C=O) groups excluding carboxylic acids is 2. The van der Waals surface area contributed by atoms with Crippen LogP contribution in [0.1, 0.15) is 19.3 Å². The molecule has 102 valence electrons. The Morgan fingerprint density at radius 2 is 1.61 bits per heavy atom. The molecule has 2 saturated heterocycles. The van der Waals surface area contributed by atoms with Crippen LogP contribution in [0.25, 0.3) is 0 Å². The Bertz CT molecular complexity index is 316. The predicted molar refractivity (Wildman–Crippen MR) is 65.9 cm³/mol. The first-order valence-electron chi connectivity index (χ1n) is 6.59. The minimum Gasteiger partial charge on any atom is -0.381 e. The zero-order chi connectivity index (χ0) is 13.0. The Morgan fingerprint density at radius 1 is 1.00 bits per heavy atom. The molecule has 2 rings (SSSR count). The van der Waals surface area contributed by atoms with Gasteiger partial charge in [-0.1, -0.05) is 0 Å². The van der Waals surface area contributed by atoms with Gasteiger partial charge < -0.3 is 20.3 Å². The average molecular weight is 255 g/mol. The summed E-state index contributed by atoms with van der Waals surface area (Å²) >= 11 is 0. The van der Waals surface area contributed by atoms with Crippen molar-refractivity contribution >= 4 is 11.9 Å². The summed E-state index contributed by atoms with van der Waals surface area (Å²) in [6, 6.07) is -0.393. The van der Waals surface area contributed by atoms with E-state index in [-0.39, 0.29) is 11.8 Å². The third kappa shape index (κ3) is 3.13. The number of urea groups is 1. The van der Waals surface area contributed by atoms with Crippen LogP contribution in [0.3, 0.4) is 0 Å². The summed E-state index contributed by atoms with van der Waals surface area (Å²) in [4.78, 5) is 26.9. The molecule has 0 aliphatic carbocycles. The lowest BCUT2D eigenvalue weighted by atomic mass is 9.98. The molecule has 2 heterocycles. The normalized spacial score (nSPS) is 22.7. The second-order valence-corrected chi connectivity index (χ2v) is 4.89. The minimum absolute atomic E-state index is 0.0962. The lowest BCUT2D eigenvalue weighted by Gasteiger charge is -2.28. The van der Waals surface area contributed by atoms with Crippen molar-refractivity contribution in [2.75, 3.05) is 39.4 Å². The van der Waals surface area contributed by atoms with Crippen molar-refractivity contribution in [1.29, 1.82) is 0 Å². The number of nitrogens with zero attached hydrogens (tertiary/aromatic N) is 2. The number of rotatable bonds is 1. The molecule has 2 aliphatic rings. The topological polar surface area (TPSA) is 75.9 Å². The molecule has 0 saturated carbocycles. The van der Waals surface area contributed by atoms with Crippen molar-refractivity contribution in [3.05, 3.63) is 0 Å². The molecule has 6 heteroatoms. The van der Waals surface area contributed by atoms with Gasteiger partial charge in [0.15, 0.2) is 0 Å². The summed E-state index contributed by atoms with van der Waals surface area (Å²) in [6.45, 7) is 3.87. The first-order valence-corrected chi connectivity index (χ1v) is 6.59. The summed E-state index contributed by atoms with van der Waals surface area (Å²) < 4.78 is 5.27. The number of hydrogen-bond donors (Lipinski definition) is 1. The number of ether oxygens (including phenoxy) is 1. The van der Waals surface area contributed by atoms with Crippen molar-refractivity contribution in [2.45, 2.75) is 19.3 Å². The molecule has 3 amide bonds. The Morgan fingerprint density at radius 3 is 2.28 bits per heavy atom. The number of carbonyl (C=O) groups is 2. The van der Waals surface area contributed by atoms with Crippen LogP contribution in [0.4, 0.5) is 4.79 Å². The molecule has 0 bridgehead atoms. The van der Waals surface area contributed by atoms with Gasteiger partial charge in [0, 0.05) is 45.3 Å². The summed E-state index contributed by atoms with van der Waals surface area (Å²) in [5.74, 6) is 0.309. The van der Waals surface area contributed by atoms with Gasteiger partial charge in [0.25, 0.3) is 0 Å². The smallest absolute Gasteiger partial charge is 0.314 e. The number of amides is 3. The van der Waals surface area contributed by atoms with Crippen LogP contribution in [0.2, 0.25) is 0 Å². The molecular weight excluding hydrogens is 234 g/mol. The van der Waals surface area contributed by atoms with Gasteiger partial charge in [-0.15, -0.1) is 0 Å². The molecule has 0 aromatic heterocycles. The summed E-state index contributed by atoms with van der Waals surface area (Å²) in [7, 11) is 0. The van der Waals surface area contributed by atoms with Crippen LogP contribution in [-0.4, -0.2) is 61.1 Å². The first kappa shape index (κ1) is 13.1. The molecule has 0 spiro atoms. The zero-order valence-corrected chi connectivity index (χ0v) is 10.6. The first-order chi connectivity index (χ1) is 8.68. The van der Waals surface area contributed by atoms with Gasteiger partial charge in [-0.05, 0) is 19.3 Å². The van der Waals surface area contributed by atoms with Crippen molar-refractivity contribution in [3.63, 3.8) is 0 Å². The quantitative estimate of drug-likeness (QED) is 0.718. The summed E-state index contributed by atoms with van der Waals surface area (Å²) in [5, 5.41) is 0. The lowest BCUT2D eigenvalue weighted by Crippen LogP contribution is -2.42. The fourth-order valence-electron chi connectivity index (χ4n) is 2.56. The van der Waals surface area contributed by atoms with E-state index in [1.807, 2.05) is 4.90 Å². The van der Waals surface area contributed by atoms with Crippen LogP contribution >= 0.6 is 0 Å². The molecule has 0 aromatic rings. The summed E-state index contributed by atoms with van der Waals surface area (Å²) in [5.41, 5.74) is 5.27. The van der Waals surface area contributed by atoms with Gasteiger partial charge in [-0.25, -0.2) is 4.79 Å². The third-order valence-corrected chi connectivity index (χ3v) is 3.69. The van der Waals surface area contributed by atoms with E-state index in [0.29, 0.717) is 32.8 Å². The van der Waals surface area contributed by atoms with Crippen molar-refractivity contribution in [3.8, 4) is 0 Å². The highest BCUT2D eigenvalue weighted by Gasteiger charge is 2.28. The second-order valence-electron chi connectivity index (χ2n) is 4.89. The highest BCUT2D eigenvalue weighted by molar-refractivity contribution is 5.79. The molecule has 6 nitrogen and oxygen atoms in total. The van der Waals surface area contributed by atoms with E-state index in [1.54, 1.807) is 4.90 Å². The molecule has 0 unspecified atom stereocenters. The fourth-order valence-corrected chi connectivity index (χ4v) is 2.56. The maximum absolute atomic E-state index is 12.3. The van der Waals surface area contributed by atoms with E-state index in [9.17, 15) is 9.59 Å². The van der Waals surface area contributed by atoms with Gasteiger partial charge in [0.05, 0.1) is 0 Å². The van der Waals surface area contributed by atoms with E-state index < -0.39 is 6.03 Å². The SMILES string of the molecule is NC(=O)N1CCCN(C(=O)C2CCOCC2)CC1. The van der Waals surface area contributed by atoms with E-state index in [4.69, 9.17) is 10.5 Å². The Balaban J connectivity index is 1.88. The lowest BCUT2D eigenvalue weighted by molar-refractivity contribution is -0.138. The average Bonchev–Trinajstić information content (AvgIpc) is 2.64. The molecule has 0 radical (unpaired) electrons. The summed E-state index contributed by atoms with van der Waals surface area (Å²) in [6.07, 6.45) is 2.43. The maximum atomic E-state index is 12.3. The minimum atomic E-state index is -0.393. The molecule has 2 aliphatic heterocycles. The maximum Gasteiger partial charge on any atom is 0.314 e. The van der Waals surface area contributed by atoms with E-state index in [1.165, 1.54) is 0 Å².